The number of anilines is 2. The Labute approximate surface area is 94.5 Å². The molecule has 0 saturated carbocycles. The molecule has 15 heavy (non-hydrogen) atoms. The zero-order valence-corrected chi connectivity index (χ0v) is 9.32. The summed E-state index contributed by atoms with van der Waals surface area (Å²) in [4.78, 5) is 13.7. The maximum absolute atomic E-state index is 10.4. The summed E-state index contributed by atoms with van der Waals surface area (Å²) in [7, 11) is 0. The number of nitrogen functional groups attached to an aromatic ring is 1. The lowest BCUT2D eigenvalue weighted by molar-refractivity contribution is -0.384. The number of hydrogen-bond acceptors (Lipinski definition) is 5. The molecule has 0 aliphatic rings. The Bertz CT molecular complexity index is 408. The highest BCUT2D eigenvalue weighted by Gasteiger charge is 2.12. The van der Waals surface area contributed by atoms with Crippen LogP contribution in [0.1, 0.15) is 0 Å². The van der Waals surface area contributed by atoms with Crippen LogP contribution in [0.15, 0.2) is 23.2 Å². The molecule has 0 atom stereocenters. The third-order valence-electron chi connectivity index (χ3n) is 1.56. The first kappa shape index (κ1) is 11.4. The fraction of sp³-hybridized carbons (Fsp3) is 0.125. The molecule has 3 N–H and O–H groups in total. The summed E-state index contributed by atoms with van der Waals surface area (Å²) >= 11 is 3.16. The quantitative estimate of drug-likeness (QED) is 0.645. The molecule has 80 valence electrons. The summed E-state index contributed by atoms with van der Waals surface area (Å²) < 4.78 is 0.751. The van der Waals surface area contributed by atoms with Gasteiger partial charge in [0.25, 0.3) is 0 Å². The molecule has 0 aliphatic carbocycles. The smallest absolute Gasteiger partial charge is 0.311 e. The predicted molar refractivity (Wildman–Crippen MR) is 61.9 cm³/mol. The summed E-state index contributed by atoms with van der Waals surface area (Å²) in [6.45, 7) is 4.10. The van der Waals surface area contributed by atoms with Gasteiger partial charge in [0, 0.05) is 17.1 Å². The van der Waals surface area contributed by atoms with Gasteiger partial charge in [0.15, 0.2) is 0 Å². The molecule has 1 rings (SSSR count). The summed E-state index contributed by atoms with van der Waals surface area (Å²) in [5, 5.41) is 13.3. The van der Waals surface area contributed by atoms with E-state index in [1.54, 1.807) is 0 Å². The molecule has 6 nitrogen and oxygen atoms in total. The molecule has 0 radical (unpaired) electrons. The number of rotatable bonds is 4. The first-order chi connectivity index (χ1) is 7.00. The predicted octanol–water partition coefficient (Wildman–Crippen LogP) is 1.89. The number of hydrogen-bond donors (Lipinski definition) is 2. The molecule has 0 amide bonds. The second-order valence-electron chi connectivity index (χ2n) is 2.73. The van der Waals surface area contributed by atoms with Gasteiger partial charge in [-0.3, -0.25) is 10.1 Å². The van der Waals surface area contributed by atoms with Gasteiger partial charge in [-0.1, -0.05) is 22.5 Å². The fourth-order valence-electron chi connectivity index (χ4n) is 0.907. The van der Waals surface area contributed by atoms with E-state index in [0.29, 0.717) is 12.4 Å². The molecule has 0 unspecified atom stereocenters. The highest BCUT2D eigenvalue weighted by molar-refractivity contribution is 9.11. The van der Waals surface area contributed by atoms with Gasteiger partial charge in [0.05, 0.1) is 4.92 Å². The van der Waals surface area contributed by atoms with E-state index in [0.717, 1.165) is 4.48 Å². The molecule has 0 bridgehead atoms. The third-order valence-corrected chi connectivity index (χ3v) is 1.84. The van der Waals surface area contributed by atoms with Crippen molar-refractivity contribution in [2.75, 3.05) is 17.6 Å². The zero-order valence-electron chi connectivity index (χ0n) is 7.74. The number of nitrogens with one attached hydrogen (secondary N) is 1. The second-order valence-corrected chi connectivity index (χ2v) is 3.85. The Hall–Kier alpha value is -1.63. The summed E-state index contributed by atoms with van der Waals surface area (Å²) in [5.74, 6) is 0.365. The van der Waals surface area contributed by atoms with E-state index in [9.17, 15) is 10.1 Å². The summed E-state index contributed by atoms with van der Waals surface area (Å²) in [6.07, 6.45) is 0. The van der Waals surface area contributed by atoms with Crippen LogP contribution < -0.4 is 11.1 Å². The minimum Gasteiger partial charge on any atom is -0.378 e. The van der Waals surface area contributed by atoms with Crippen molar-refractivity contribution >= 4 is 33.3 Å². The van der Waals surface area contributed by atoms with E-state index in [2.05, 4.69) is 32.8 Å². The lowest BCUT2D eigenvalue weighted by atomic mass is 10.4. The van der Waals surface area contributed by atoms with Crippen molar-refractivity contribution in [3.05, 3.63) is 33.3 Å². The van der Waals surface area contributed by atoms with Gasteiger partial charge in [-0.2, -0.15) is 0 Å². The monoisotopic (exact) mass is 272 g/mol. The molecule has 1 heterocycles. The van der Waals surface area contributed by atoms with Crippen LogP contribution in [-0.2, 0) is 0 Å². The van der Waals surface area contributed by atoms with Gasteiger partial charge in [-0.05, 0) is 6.07 Å². The summed E-state index contributed by atoms with van der Waals surface area (Å²) in [6, 6.07) is 2.80. The van der Waals surface area contributed by atoms with Crippen molar-refractivity contribution < 1.29 is 4.92 Å². The molecule has 0 spiro atoms. The number of pyridine rings is 1. The van der Waals surface area contributed by atoms with Crippen molar-refractivity contribution in [3.63, 3.8) is 0 Å². The lowest BCUT2D eigenvalue weighted by Gasteiger charge is -2.04. The molecule has 0 aromatic carbocycles. The molecule has 1 aromatic heterocycles. The molecular formula is C8H9BrN4O2. The van der Waals surface area contributed by atoms with E-state index in [4.69, 9.17) is 5.73 Å². The van der Waals surface area contributed by atoms with Crippen LogP contribution in [0.3, 0.4) is 0 Å². The van der Waals surface area contributed by atoms with Crippen molar-refractivity contribution in [2.24, 2.45) is 0 Å². The third kappa shape index (κ3) is 3.21. The largest absolute Gasteiger partial charge is 0.378 e. The van der Waals surface area contributed by atoms with Gasteiger partial charge in [-0.15, -0.1) is 0 Å². The Morgan fingerprint density at radius 1 is 1.73 bits per heavy atom. The van der Waals surface area contributed by atoms with Crippen molar-refractivity contribution in [1.82, 2.24) is 4.98 Å². The van der Waals surface area contributed by atoms with Crippen LogP contribution >= 0.6 is 15.9 Å². The summed E-state index contributed by atoms with van der Waals surface area (Å²) in [5.41, 5.74) is 5.21. The van der Waals surface area contributed by atoms with Gasteiger partial charge >= 0.3 is 5.69 Å². The van der Waals surface area contributed by atoms with Crippen molar-refractivity contribution in [3.8, 4) is 0 Å². The number of halogens is 1. The Morgan fingerprint density at radius 3 is 2.87 bits per heavy atom. The maximum Gasteiger partial charge on any atom is 0.311 e. The Morgan fingerprint density at radius 2 is 2.40 bits per heavy atom. The normalized spacial score (nSPS) is 9.67. The molecule has 1 aromatic rings. The average molecular weight is 273 g/mol. The molecule has 0 fully saturated rings. The maximum atomic E-state index is 10.4. The highest BCUT2D eigenvalue weighted by atomic mass is 79.9. The molecular weight excluding hydrogens is 264 g/mol. The van der Waals surface area contributed by atoms with E-state index >= 15 is 0 Å². The van der Waals surface area contributed by atoms with Crippen LogP contribution in [0, 0.1) is 10.1 Å². The zero-order chi connectivity index (χ0) is 11.4. The Kier molecular flexibility index (Phi) is 3.62. The fourth-order valence-corrected chi connectivity index (χ4v) is 1.05. The van der Waals surface area contributed by atoms with Crippen molar-refractivity contribution in [2.45, 2.75) is 0 Å². The molecule has 0 saturated heterocycles. The van der Waals surface area contributed by atoms with Gasteiger partial charge < -0.3 is 11.1 Å². The number of aromatic nitrogens is 1. The van der Waals surface area contributed by atoms with Crippen LogP contribution in [0.5, 0.6) is 0 Å². The SMILES string of the molecule is C=C(Br)CNc1ccc([N+](=O)[O-])c(N)n1. The van der Waals surface area contributed by atoms with E-state index in [1.165, 1.54) is 12.1 Å². The lowest BCUT2D eigenvalue weighted by Crippen LogP contribution is -2.05. The first-order valence-corrected chi connectivity index (χ1v) is 4.78. The van der Waals surface area contributed by atoms with Gasteiger partial charge in [-0.25, -0.2) is 4.98 Å². The van der Waals surface area contributed by atoms with E-state index < -0.39 is 4.92 Å². The van der Waals surface area contributed by atoms with Crippen LogP contribution in [0.4, 0.5) is 17.3 Å². The topological polar surface area (TPSA) is 94.1 Å². The first-order valence-electron chi connectivity index (χ1n) is 3.98. The standard InChI is InChI=1S/C8H9BrN4O2/c1-5(9)4-11-7-3-2-6(13(14)15)8(10)12-7/h2-3H,1,4H2,(H3,10,11,12). The minimum absolute atomic E-state index is 0.106. The van der Waals surface area contributed by atoms with Gasteiger partial charge in [0.2, 0.25) is 5.82 Å². The van der Waals surface area contributed by atoms with Crippen LogP contribution in [0.25, 0.3) is 0 Å². The van der Waals surface area contributed by atoms with E-state index in [1.807, 2.05) is 0 Å². The Balaban J connectivity index is 2.82. The van der Waals surface area contributed by atoms with Crippen molar-refractivity contribution in [1.29, 1.82) is 0 Å². The van der Waals surface area contributed by atoms with Crippen LogP contribution in [-0.4, -0.2) is 16.5 Å². The average Bonchev–Trinajstić information content (AvgIpc) is 2.14. The molecule has 7 heteroatoms. The van der Waals surface area contributed by atoms with Gasteiger partial charge in [0.1, 0.15) is 5.82 Å². The number of nitrogens with zero attached hydrogens (tertiary/aromatic N) is 2. The highest BCUT2D eigenvalue weighted by Crippen LogP contribution is 2.20. The number of nitrogens with two attached hydrogens (primary N) is 1. The number of nitro groups is 1. The second kappa shape index (κ2) is 4.74. The van der Waals surface area contributed by atoms with E-state index in [-0.39, 0.29) is 11.5 Å². The minimum atomic E-state index is -0.574. The molecule has 0 aliphatic heterocycles. The van der Waals surface area contributed by atoms with Crippen LogP contribution in [0.2, 0.25) is 0 Å².